The van der Waals surface area contributed by atoms with Crippen LogP contribution in [0.3, 0.4) is 0 Å². The zero-order valence-electron chi connectivity index (χ0n) is 8.83. The zero-order chi connectivity index (χ0) is 9.56. The van der Waals surface area contributed by atoms with Gasteiger partial charge >= 0.3 is 0 Å². The number of unbranched alkanes of at least 4 members (excludes halogenated alkanes) is 1. The fourth-order valence-corrected chi connectivity index (χ4v) is 1.23. The molecule has 0 spiro atoms. The number of hydrogen-bond acceptors (Lipinski definition) is 1. The third-order valence-corrected chi connectivity index (χ3v) is 2.12. The Morgan fingerprint density at radius 1 is 1.33 bits per heavy atom. The van der Waals surface area contributed by atoms with Crippen LogP contribution in [0.4, 0.5) is 0 Å². The first kappa shape index (κ1) is 11.3. The highest BCUT2D eigenvalue weighted by atomic mass is 14.8. The van der Waals surface area contributed by atoms with Gasteiger partial charge in [0.1, 0.15) is 0 Å². The molecule has 0 rings (SSSR count). The van der Waals surface area contributed by atoms with Crippen molar-refractivity contribution in [1.82, 2.24) is 5.32 Å². The van der Waals surface area contributed by atoms with Crippen molar-refractivity contribution in [1.29, 1.82) is 0 Å². The van der Waals surface area contributed by atoms with Gasteiger partial charge in [-0.2, -0.15) is 0 Å². The van der Waals surface area contributed by atoms with Crippen molar-refractivity contribution in [3.8, 4) is 0 Å². The van der Waals surface area contributed by atoms with Crippen LogP contribution in [0.5, 0.6) is 0 Å². The van der Waals surface area contributed by atoms with Crippen LogP contribution in [-0.4, -0.2) is 7.05 Å². The average molecular weight is 167 g/mol. The van der Waals surface area contributed by atoms with E-state index < -0.39 is 0 Å². The molecule has 0 amide bonds. The maximum Gasteiger partial charge on any atom is 0.0107 e. The minimum atomic E-state index is 1.15. The van der Waals surface area contributed by atoms with Gasteiger partial charge in [0.05, 0.1) is 0 Å². The molecule has 0 aromatic heterocycles. The van der Waals surface area contributed by atoms with Gasteiger partial charge in [-0.05, 0) is 32.3 Å². The lowest BCUT2D eigenvalue weighted by Crippen LogP contribution is -2.06. The van der Waals surface area contributed by atoms with E-state index >= 15 is 0 Å². The normalized spacial score (nSPS) is 12.3. The molecule has 12 heavy (non-hydrogen) atoms. The van der Waals surface area contributed by atoms with Crippen molar-refractivity contribution in [2.75, 3.05) is 7.05 Å². The van der Waals surface area contributed by atoms with Crippen LogP contribution in [0, 0.1) is 0 Å². The number of allylic oxidation sites excluding steroid dienone is 3. The second kappa shape index (κ2) is 5.87. The van der Waals surface area contributed by atoms with E-state index in [1.54, 1.807) is 0 Å². The van der Waals surface area contributed by atoms with Crippen LogP contribution < -0.4 is 5.32 Å². The van der Waals surface area contributed by atoms with E-state index in [0.29, 0.717) is 0 Å². The minimum Gasteiger partial charge on any atom is -0.391 e. The first-order valence-electron chi connectivity index (χ1n) is 4.66. The molecule has 0 saturated heterocycles. The van der Waals surface area contributed by atoms with Gasteiger partial charge in [-0.1, -0.05) is 25.5 Å². The molecule has 70 valence electrons. The molecule has 0 heterocycles. The monoisotopic (exact) mass is 167 g/mol. The number of rotatable bonds is 5. The summed E-state index contributed by atoms with van der Waals surface area (Å²) in [6.07, 6.45) is 3.65. The van der Waals surface area contributed by atoms with Gasteiger partial charge in [-0.3, -0.25) is 0 Å². The molecular weight excluding hydrogens is 146 g/mol. The zero-order valence-corrected chi connectivity index (χ0v) is 8.83. The predicted molar refractivity (Wildman–Crippen MR) is 56.1 cm³/mol. The molecule has 0 aliphatic rings. The van der Waals surface area contributed by atoms with Crippen molar-refractivity contribution in [2.24, 2.45) is 0 Å². The van der Waals surface area contributed by atoms with E-state index in [0.717, 1.165) is 6.42 Å². The Bertz CT molecular complexity index is 177. The lowest BCUT2D eigenvalue weighted by molar-refractivity contribution is 0.774. The number of nitrogens with one attached hydrogen (secondary N) is 1. The van der Waals surface area contributed by atoms with Crippen molar-refractivity contribution in [3.63, 3.8) is 0 Å². The molecule has 0 bridgehead atoms. The smallest absolute Gasteiger partial charge is 0.0107 e. The van der Waals surface area contributed by atoms with Gasteiger partial charge < -0.3 is 5.32 Å². The lowest BCUT2D eigenvalue weighted by Gasteiger charge is -2.11. The molecule has 0 radical (unpaired) electrons. The Hall–Kier alpha value is -0.720. The van der Waals surface area contributed by atoms with Crippen molar-refractivity contribution >= 4 is 0 Å². The summed E-state index contributed by atoms with van der Waals surface area (Å²) in [7, 11) is 1.96. The van der Waals surface area contributed by atoms with Gasteiger partial charge in [0.2, 0.25) is 0 Å². The molecule has 0 aliphatic heterocycles. The molecule has 0 unspecified atom stereocenters. The fraction of sp³-hybridized carbons (Fsp3) is 0.636. The molecule has 0 aliphatic carbocycles. The predicted octanol–water partition coefficient (Wildman–Crippen LogP) is 3.25. The molecular formula is C11H21N. The molecule has 0 aromatic carbocycles. The van der Waals surface area contributed by atoms with E-state index in [1.807, 2.05) is 7.05 Å². The lowest BCUT2D eigenvalue weighted by atomic mass is 10.0. The number of hydrogen-bond donors (Lipinski definition) is 1. The topological polar surface area (TPSA) is 12.0 Å². The van der Waals surface area contributed by atoms with E-state index in [9.17, 15) is 0 Å². The molecule has 1 nitrogen and oxygen atoms in total. The maximum absolute atomic E-state index is 3.98. The van der Waals surface area contributed by atoms with E-state index in [4.69, 9.17) is 0 Å². The molecule has 0 saturated carbocycles. The largest absolute Gasteiger partial charge is 0.391 e. The highest BCUT2D eigenvalue weighted by Gasteiger charge is 2.01. The van der Waals surface area contributed by atoms with E-state index in [1.165, 1.54) is 29.7 Å². The van der Waals surface area contributed by atoms with Crippen molar-refractivity contribution in [3.05, 3.63) is 23.4 Å². The Morgan fingerprint density at radius 3 is 2.25 bits per heavy atom. The van der Waals surface area contributed by atoms with Gasteiger partial charge in [0, 0.05) is 12.7 Å². The fourth-order valence-electron chi connectivity index (χ4n) is 1.23. The Balaban J connectivity index is 4.33. The first-order chi connectivity index (χ1) is 5.63. The summed E-state index contributed by atoms with van der Waals surface area (Å²) in [5.74, 6) is 0. The quantitative estimate of drug-likeness (QED) is 0.620. The average Bonchev–Trinajstić information content (AvgIpc) is 2.04. The van der Waals surface area contributed by atoms with E-state index in [2.05, 4.69) is 32.7 Å². The van der Waals surface area contributed by atoms with Crippen LogP contribution in [0.1, 0.15) is 40.0 Å². The molecule has 0 fully saturated rings. The molecule has 1 N–H and O–H groups in total. The molecule has 0 atom stereocenters. The molecule has 0 aromatic rings. The van der Waals surface area contributed by atoms with Gasteiger partial charge in [-0.15, -0.1) is 0 Å². The standard InChI is InChI=1S/C11H21N/c1-6-7-8-11(9(2)3)10(4)12-5/h12H,2,6-8H2,1,3-5H3/b11-10-. The first-order valence-corrected chi connectivity index (χ1v) is 4.66. The Labute approximate surface area is 76.6 Å². The van der Waals surface area contributed by atoms with Crippen LogP contribution in [-0.2, 0) is 0 Å². The highest BCUT2D eigenvalue weighted by molar-refractivity contribution is 5.29. The van der Waals surface area contributed by atoms with Crippen molar-refractivity contribution < 1.29 is 0 Å². The minimum absolute atomic E-state index is 1.15. The second-order valence-electron chi connectivity index (χ2n) is 3.24. The molecule has 1 heteroatoms. The summed E-state index contributed by atoms with van der Waals surface area (Å²) in [5, 5.41) is 3.17. The van der Waals surface area contributed by atoms with Gasteiger partial charge in [0.25, 0.3) is 0 Å². The van der Waals surface area contributed by atoms with Gasteiger partial charge in [-0.25, -0.2) is 0 Å². The van der Waals surface area contributed by atoms with Crippen molar-refractivity contribution in [2.45, 2.75) is 40.0 Å². The maximum atomic E-state index is 3.98. The third-order valence-electron chi connectivity index (χ3n) is 2.12. The summed E-state index contributed by atoms with van der Waals surface area (Å²) in [5.41, 5.74) is 3.84. The van der Waals surface area contributed by atoms with Crippen LogP contribution in [0.2, 0.25) is 0 Å². The SMILES string of the molecule is C=C(C)/C(CCCC)=C(/C)NC. The summed E-state index contributed by atoms with van der Waals surface area (Å²) in [6, 6.07) is 0. The van der Waals surface area contributed by atoms with Crippen LogP contribution >= 0.6 is 0 Å². The third kappa shape index (κ3) is 3.61. The Morgan fingerprint density at radius 2 is 1.92 bits per heavy atom. The summed E-state index contributed by atoms with van der Waals surface area (Å²) in [6.45, 7) is 10.4. The Kier molecular flexibility index (Phi) is 5.52. The van der Waals surface area contributed by atoms with Crippen LogP contribution in [0.15, 0.2) is 23.4 Å². The summed E-state index contributed by atoms with van der Waals surface area (Å²) >= 11 is 0. The highest BCUT2D eigenvalue weighted by Crippen LogP contribution is 2.17. The summed E-state index contributed by atoms with van der Waals surface area (Å²) < 4.78 is 0. The van der Waals surface area contributed by atoms with E-state index in [-0.39, 0.29) is 0 Å². The van der Waals surface area contributed by atoms with Crippen LogP contribution in [0.25, 0.3) is 0 Å². The summed E-state index contributed by atoms with van der Waals surface area (Å²) in [4.78, 5) is 0. The second-order valence-corrected chi connectivity index (χ2v) is 3.24. The van der Waals surface area contributed by atoms with Gasteiger partial charge in [0.15, 0.2) is 0 Å².